The number of nitrogens with one attached hydrogen (secondary N) is 1. The molecule has 0 bridgehead atoms. The van der Waals surface area contributed by atoms with Crippen LogP contribution < -0.4 is 5.32 Å². The van der Waals surface area contributed by atoms with Crippen LogP contribution in [0.2, 0.25) is 0 Å². The maximum absolute atomic E-state index is 11.1. The Morgan fingerprint density at radius 2 is 2.11 bits per heavy atom. The van der Waals surface area contributed by atoms with Crippen LogP contribution >= 0.6 is 24.0 Å². The summed E-state index contributed by atoms with van der Waals surface area (Å²) in [6, 6.07) is 0.433. The maximum Gasteiger partial charge on any atom is 0.305 e. The second-order valence-electron chi connectivity index (χ2n) is 7.00. The van der Waals surface area contributed by atoms with Crippen molar-refractivity contribution in [2.24, 2.45) is 10.9 Å². The zero-order chi connectivity index (χ0) is 18.8. The summed E-state index contributed by atoms with van der Waals surface area (Å²) < 4.78 is 6.87. The number of unbranched alkanes of at least 4 members (excludes halogenated alkanes) is 3. The van der Waals surface area contributed by atoms with Gasteiger partial charge in [0.15, 0.2) is 5.96 Å². The molecule has 27 heavy (non-hydrogen) atoms. The van der Waals surface area contributed by atoms with Gasteiger partial charge in [0.2, 0.25) is 0 Å². The van der Waals surface area contributed by atoms with E-state index >= 15 is 0 Å². The van der Waals surface area contributed by atoms with Gasteiger partial charge >= 0.3 is 5.97 Å². The second kappa shape index (κ2) is 13.0. The molecule has 1 aromatic rings. The third-order valence-corrected chi connectivity index (χ3v) is 5.16. The lowest BCUT2D eigenvalue weighted by Crippen LogP contribution is -2.49. The molecule has 1 aromatic heterocycles. The molecule has 2 unspecified atom stereocenters. The van der Waals surface area contributed by atoms with Crippen molar-refractivity contribution < 1.29 is 9.53 Å². The summed E-state index contributed by atoms with van der Waals surface area (Å²) in [6.45, 7) is 5.21. The van der Waals surface area contributed by atoms with Crippen molar-refractivity contribution in [3.8, 4) is 0 Å². The molecule has 1 aliphatic rings. The Morgan fingerprint density at radius 1 is 1.33 bits per heavy atom. The van der Waals surface area contributed by atoms with Crippen LogP contribution in [-0.4, -0.2) is 60.2 Å². The number of guanidine groups is 1. The third-order valence-electron chi connectivity index (χ3n) is 5.16. The largest absolute Gasteiger partial charge is 0.469 e. The van der Waals surface area contributed by atoms with Crippen molar-refractivity contribution in [1.29, 1.82) is 0 Å². The number of aliphatic imine (C=N–C) groups is 1. The number of carbonyl (C=O) groups excluding carboxylic acids is 1. The number of halogens is 1. The molecule has 2 rings (SSSR count). The average molecular weight is 491 g/mol. The maximum atomic E-state index is 11.1. The van der Waals surface area contributed by atoms with Gasteiger partial charge in [-0.2, -0.15) is 0 Å². The Morgan fingerprint density at radius 3 is 2.78 bits per heavy atom. The monoisotopic (exact) mass is 491 g/mol. The summed E-state index contributed by atoms with van der Waals surface area (Å²) in [7, 11) is 3.29. The molecule has 2 heterocycles. The smallest absolute Gasteiger partial charge is 0.305 e. The third kappa shape index (κ3) is 7.67. The SMILES string of the molecule is CN=C(NCCCCCCC(=O)OC)N1CCC(C)C(n2ccnc2)C1.I. The van der Waals surface area contributed by atoms with Gasteiger partial charge in [-0.3, -0.25) is 9.79 Å². The molecule has 1 aliphatic heterocycles. The Balaban J connectivity index is 0.00000364. The Labute approximate surface area is 180 Å². The minimum atomic E-state index is -0.115. The van der Waals surface area contributed by atoms with E-state index in [-0.39, 0.29) is 29.9 Å². The predicted molar refractivity (Wildman–Crippen MR) is 118 cm³/mol. The molecular formula is C19H34IN5O2. The highest BCUT2D eigenvalue weighted by Crippen LogP contribution is 2.27. The van der Waals surface area contributed by atoms with Gasteiger partial charge in [0.1, 0.15) is 0 Å². The van der Waals surface area contributed by atoms with E-state index in [0.29, 0.717) is 18.4 Å². The molecule has 1 N–H and O–H groups in total. The van der Waals surface area contributed by atoms with Crippen molar-refractivity contribution in [2.75, 3.05) is 33.8 Å². The standard InChI is InChI=1S/C19H33N5O2.HI/c1-16-9-12-23(14-17(16)24-13-11-21-15-24)19(20-2)22-10-7-5-4-6-8-18(25)26-3;/h11,13,15-17H,4-10,12,14H2,1-3H3,(H,20,22);1H. The fourth-order valence-corrected chi connectivity index (χ4v) is 3.48. The van der Waals surface area contributed by atoms with Crippen LogP contribution in [-0.2, 0) is 9.53 Å². The van der Waals surface area contributed by atoms with Crippen molar-refractivity contribution in [1.82, 2.24) is 19.8 Å². The normalized spacial score (nSPS) is 20.1. The Hall–Kier alpha value is -1.32. The minimum Gasteiger partial charge on any atom is -0.469 e. The van der Waals surface area contributed by atoms with Crippen LogP contribution in [0.1, 0.15) is 51.5 Å². The van der Waals surface area contributed by atoms with E-state index < -0.39 is 0 Å². The van der Waals surface area contributed by atoms with Crippen molar-refractivity contribution >= 4 is 35.9 Å². The predicted octanol–water partition coefficient (Wildman–Crippen LogP) is 3.08. The first kappa shape index (κ1) is 23.7. The lowest BCUT2D eigenvalue weighted by atomic mass is 9.93. The lowest BCUT2D eigenvalue weighted by molar-refractivity contribution is -0.140. The fourth-order valence-electron chi connectivity index (χ4n) is 3.48. The zero-order valence-corrected chi connectivity index (χ0v) is 19.1. The molecule has 1 fully saturated rings. The molecule has 0 radical (unpaired) electrons. The van der Waals surface area contributed by atoms with E-state index in [9.17, 15) is 4.79 Å². The van der Waals surface area contributed by atoms with Crippen LogP contribution in [0.15, 0.2) is 23.7 Å². The van der Waals surface area contributed by atoms with E-state index in [0.717, 1.165) is 57.7 Å². The number of piperidine rings is 1. The summed E-state index contributed by atoms with van der Waals surface area (Å²) in [5.41, 5.74) is 0. The van der Waals surface area contributed by atoms with Gasteiger partial charge in [-0.25, -0.2) is 4.98 Å². The molecule has 0 amide bonds. The van der Waals surface area contributed by atoms with Gasteiger partial charge in [0, 0.05) is 45.5 Å². The van der Waals surface area contributed by atoms with E-state index in [1.807, 2.05) is 19.6 Å². The molecule has 2 atom stereocenters. The molecule has 154 valence electrons. The van der Waals surface area contributed by atoms with Crippen LogP contribution in [0.5, 0.6) is 0 Å². The quantitative estimate of drug-likeness (QED) is 0.199. The number of imidazole rings is 1. The van der Waals surface area contributed by atoms with Gasteiger partial charge in [-0.05, 0) is 25.2 Å². The number of carbonyl (C=O) groups is 1. The molecule has 0 spiro atoms. The molecule has 0 saturated carbocycles. The number of hydrogen-bond acceptors (Lipinski definition) is 4. The van der Waals surface area contributed by atoms with Crippen molar-refractivity contribution in [3.05, 3.63) is 18.7 Å². The van der Waals surface area contributed by atoms with Gasteiger partial charge in [0.25, 0.3) is 0 Å². The minimum absolute atomic E-state index is 0. The van der Waals surface area contributed by atoms with Gasteiger partial charge in [-0.1, -0.05) is 19.8 Å². The van der Waals surface area contributed by atoms with Crippen molar-refractivity contribution in [2.45, 2.75) is 51.5 Å². The summed E-state index contributed by atoms with van der Waals surface area (Å²) >= 11 is 0. The molecule has 0 aliphatic carbocycles. The number of hydrogen-bond donors (Lipinski definition) is 1. The summed E-state index contributed by atoms with van der Waals surface area (Å²) in [4.78, 5) is 22.1. The highest BCUT2D eigenvalue weighted by Gasteiger charge is 2.28. The highest BCUT2D eigenvalue weighted by molar-refractivity contribution is 14.0. The molecule has 8 heteroatoms. The second-order valence-corrected chi connectivity index (χ2v) is 7.00. The van der Waals surface area contributed by atoms with E-state index in [2.05, 4.69) is 42.6 Å². The first-order chi connectivity index (χ1) is 12.7. The number of rotatable bonds is 8. The average Bonchev–Trinajstić information content (AvgIpc) is 3.19. The fraction of sp³-hybridized carbons (Fsp3) is 0.737. The van der Waals surface area contributed by atoms with Gasteiger partial charge < -0.3 is 19.5 Å². The Bertz CT molecular complexity index is 564. The summed E-state index contributed by atoms with van der Waals surface area (Å²) in [5, 5.41) is 3.49. The Kier molecular flexibility index (Phi) is 11.4. The molecule has 0 aromatic carbocycles. The lowest BCUT2D eigenvalue weighted by Gasteiger charge is -2.39. The van der Waals surface area contributed by atoms with Crippen molar-refractivity contribution in [3.63, 3.8) is 0 Å². The first-order valence-electron chi connectivity index (χ1n) is 9.65. The van der Waals surface area contributed by atoms with Crippen LogP contribution in [0, 0.1) is 5.92 Å². The number of methoxy groups -OCH3 is 1. The first-order valence-corrected chi connectivity index (χ1v) is 9.65. The van der Waals surface area contributed by atoms with Gasteiger partial charge in [-0.15, -0.1) is 24.0 Å². The summed E-state index contributed by atoms with van der Waals surface area (Å²) in [5.74, 6) is 1.50. The van der Waals surface area contributed by atoms with Crippen LogP contribution in [0.3, 0.4) is 0 Å². The summed E-state index contributed by atoms with van der Waals surface area (Å²) in [6.07, 6.45) is 11.6. The van der Waals surface area contributed by atoms with Crippen LogP contribution in [0.4, 0.5) is 0 Å². The van der Waals surface area contributed by atoms with Gasteiger partial charge in [0.05, 0.1) is 19.5 Å². The topological polar surface area (TPSA) is 71.8 Å². The molecule has 7 nitrogen and oxygen atoms in total. The number of ether oxygens (including phenoxy) is 1. The van der Waals surface area contributed by atoms with E-state index in [1.165, 1.54) is 7.11 Å². The number of aromatic nitrogens is 2. The number of nitrogens with zero attached hydrogens (tertiary/aromatic N) is 4. The highest BCUT2D eigenvalue weighted by atomic mass is 127. The molecule has 1 saturated heterocycles. The van der Waals surface area contributed by atoms with E-state index in [4.69, 9.17) is 0 Å². The zero-order valence-electron chi connectivity index (χ0n) is 16.8. The number of likely N-dealkylation sites (tertiary alicyclic amines) is 1. The van der Waals surface area contributed by atoms with E-state index in [1.54, 1.807) is 0 Å². The molecular weight excluding hydrogens is 457 g/mol. The number of esters is 1. The van der Waals surface area contributed by atoms with Crippen LogP contribution in [0.25, 0.3) is 0 Å².